The number of nitrogens with one attached hydrogen (secondary N) is 1. The van der Waals surface area contributed by atoms with E-state index in [4.69, 9.17) is 4.42 Å². The van der Waals surface area contributed by atoms with E-state index in [1.165, 1.54) is 0 Å². The quantitative estimate of drug-likeness (QED) is 0.642. The standard InChI is InChI=1S/C17H21NO5S/c1-10(2)7-13(16(19)20)18-14(17(21)22)8-12-3-4-15(23-12)11-5-6-24-9-11/h3-6,9-10,13-14,18H,7-8H2,1-2H3,(H,19,20)(H,21,22)/t13-,14?/m0/s1. The summed E-state index contributed by atoms with van der Waals surface area (Å²) in [5.74, 6) is -0.828. The molecule has 0 bridgehead atoms. The highest BCUT2D eigenvalue weighted by atomic mass is 32.1. The fourth-order valence-electron chi connectivity index (χ4n) is 2.42. The van der Waals surface area contributed by atoms with E-state index < -0.39 is 24.0 Å². The minimum absolute atomic E-state index is 0.0847. The van der Waals surface area contributed by atoms with E-state index in [0.717, 1.165) is 5.56 Å². The molecule has 2 heterocycles. The van der Waals surface area contributed by atoms with Gasteiger partial charge in [-0.1, -0.05) is 13.8 Å². The van der Waals surface area contributed by atoms with Gasteiger partial charge < -0.3 is 14.6 Å². The Balaban J connectivity index is 2.08. The van der Waals surface area contributed by atoms with Crippen LogP contribution in [0, 0.1) is 5.92 Å². The monoisotopic (exact) mass is 351 g/mol. The van der Waals surface area contributed by atoms with E-state index in [-0.39, 0.29) is 12.3 Å². The Hall–Kier alpha value is -2.12. The van der Waals surface area contributed by atoms with Crippen molar-refractivity contribution in [3.63, 3.8) is 0 Å². The van der Waals surface area contributed by atoms with Crippen molar-refractivity contribution in [3.05, 3.63) is 34.7 Å². The molecule has 0 aliphatic carbocycles. The summed E-state index contributed by atoms with van der Waals surface area (Å²) in [6.45, 7) is 3.79. The van der Waals surface area contributed by atoms with E-state index in [0.29, 0.717) is 17.9 Å². The fourth-order valence-corrected chi connectivity index (χ4v) is 3.07. The summed E-state index contributed by atoms with van der Waals surface area (Å²) in [5.41, 5.74) is 0.939. The van der Waals surface area contributed by atoms with Crippen molar-refractivity contribution in [2.75, 3.05) is 0 Å². The molecule has 1 unspecified atom stereocenters. The minimum atomic E-state index is -1.10. The van der Waals surface area contributed by atoms with Crippen LogP contribution in [-0.2, 0) is 16.0 Å². The molecule has 0 amide bonds. The number of aliphatic carboxylic acids is 2. The number of rotatable bonds is 9. The smallest absolute Gasteiger partial charge is 0.321 e. The number of thiophene rings is 1. The van der Waals surface area contributed by atoms with Crippen molar-refractivity contribution < 1.29 is 24.2 Å². The Bertz CT molecular complexity index is 677. The molecule has 2 aromatic rings. The molecule has 7 heteroatoms. The Morgan fingerprint density at radius 2 is 1.88 bits per heavy atom. The Morgan fingerprint density at radius 1 is 1.17 bits per heavy atom. The largest absolute Gasteiger partial charge is 0.480 e. The second kappa shape index (κ2) is 8.12. The topological polar surface area (TPSA) is 99.8 Å². The Kier molecular flexibility index (Phi) is 6.16. The van der Waals surface area contributed by atoms with Crippen LogP contribution >= 0.6 is 11.3 Å². The molecular weight excluding hydrogens is 330 g/mol. The molecule has 0 aromatic carbocycles. The second-order valence-electron chi connectivity index (χ2n) is 6.06. The van der Waals surface area contributed by atoms with Crippen LogP contribution in [0.15, 0.2) is 33.4 Å². The summed E-state index contributed by atoms with van der Waals surface area (Å²) < 4.78 is 5.69. The number of carboxylic acid groups (broad SMARTS) is 2. The maximum atomic E-state index is 11.5. The molecule has 3 N–H and O–H groups in total. The predicted molar refractivity (Wildman–Crippen MR) is 91.2 cm³/mol. The van der Waals surface area contributed by atoms with Crippen LogP contribution in [0.25, 0.3) is 11.3 Å². The zero-order valence-corrected chi connectivity index (χ0v) is 14.4. The van der Waals surface area contributed by atoms with Crippen LogP contribution in [0.2, 0.25) is 0 Å². The van der Waals surface area contributed by atoms with Gasteiger partial charge in [-0.25, -0.2) is 0 Å². The zero-order chi connectivity index (χ0) is 17.7. The number of carbonyl (C=O) groups is 2. The van der Waals surface area contributed by atoms with Crippen LogP contribution in [0.3, 0.4) is 0 Å². The van der Waals surface area contributed by atoms with Gasteiger partial charge in [0.05, 0.1) is 0 Å². The number of furan rings is 1. The van der Waals surface area contributed by atoms with Crippen molar-refractivity contribution in [1.29, 1.82) is 0 Å². The highest BCUT2D eigenvalue weighted by molar-refractivity contribution is 7.08. The third-order valence-electron chi connectivity index (χ3n) is 3.58. The summed E-state index contributed by atoms with van der Waals surface area (Å²) in [6, 6.07) is 3.51. The fraction of sp³-hybridized carbons (Fsp3) is 0.412. The molecule has 0 fully saturated rings. The van der Waals surface area contributed by atoms with E-state index in [1.807, 2.05) is 30.7 Å². The van der Waals surface area contributed by atoms with E-state index in [2.05, 4.69) is 5.32 Å². The van der Waals surface area contributed by atoms with Gasteiger partial charge in [0.25, 0.3) is 0 Å². The SMILES string of the molecule is CC(C)C[C@H](NC(Cc1ccc(-c2ccsc2)o1)C(=O)O)C(=O)O. The maximum Gasteiger partial charge on any atom is 0.321 e. The molecular formula is C17H21NO5S. The highest BCUT2D eigenvalue weighted by Crippen LogP contribution is 2.25. The molecule has 24 heavy (non-hydrogen) atoms. The molecule has 2 aromatic heterocycles. The van der Waals surface area contributed by atoms with Gasteiger partial charge in [0.2, 0.25) is 0 Å². The first-order valence-corrected chi connectivity index (χ1v) is 8.64. The van der Waals surface area contributed by atoms with Crippen LogP contribution in [-0.4, -0.2) is 34.2 Å². The highest BCUT2D eigenvalue weighted by Gasteiger charge is 2.27. The summed E-state index contributed by atoms with van der Waals surface area (Å²) in [4.78, 5) is 22.8. The number of hydrogen-bond donors (Lipinski definition) is 3. The van der Waals surface area contributed by atoms with Gasteiger partial charge in [-0.2, -0.15) is 11.3 Å². The lowest BCUT2D eigenvalue weighted by Crippen LogP contribution is -2.48. The van der Waals surface area contributed by atoms with E-state index in [1.54, 1.807) is 23.5 Å². The number of carboxylic acids is 2. The Morgan fingerprint density at radius 3 is 2.42 bits per heavy atom. The average Bonchev–Trinajstić information content (AvgIpc) is 3.15. The minimum Gasteiger partial charge on any atom is -0.480 e. The second-order valence-corrected chi connectivity index (χ2v) is 6.84. The normalized spacial score (nSPS) is 13.8. The van der Waals surface area contributed by atoms with Gasteiger partial charge in [-0.3, -0.25) is 14.9 Å². The average molecular weight is 351 g/mol. The van der Waals surface area contributed by atoms with Gasteiger partial charge in [-0.15, -0.1) is 0 Å². The maximum absolute atomic E-state index is 11.5. The lowest BCUT2D eigenvalue weighted by molar-refractivity contribution is -0.143. The molecule has 2 atom stereocenters. The summed E-state index contributed by atoms with van der Waals surface area (Å²) in [7, 11) is 0. The van der Waals surface area contributed by atoms with Gasteiger partial charge >= 0.3 is 11.9 Å². The molecule has 2 rings (SSSR count). The lowest BCUT2D eigenvalue weighted by atomic mass is 10.0. The first kappa shape index (κ1) is 18.2. The third-order valence-corrected chi connectivity index (χ3v) is 4.26. The van der Waals surface area contributed by atoms with Gasteiger partial charge in [-0.05, 0) is 35.9 Å². The summed E-state index contributed by atoms with van der Waals surface area (Å²) in [6.07, 6.45) is 0.443. The van der Waals surface area contributed by atoms with Crippen molar-refractivity contribution >= 4 is 23.3 Å². The van der Waals surface area contributed by atoms with Crippen LogP contribution < -0.4 is 5.32 Å². The van der Waals surface area contributed by atoms with Crippen molar-refractivity contribution in [1.82, 2.24) is 5.32 Å². The first-order chi connectivity index (χ1) is 11.4. The molecule has 0 radical (unpaired) electrons. The molecule has 6 nitrogen and oxygen atoms in total. The van der Waals surface area contributed by atoms with E-state index >= 15 is 0 Å². The van der Waals surface area contributed by atoms with Gasteiger partial charge in [0.1, 0.15) is 23.6 Å². The van der Waals surface area contributed by atoms with Crippen molar-refractivity contribution in [3.8, 4) is 11.3 Å². The summed E-state index contributed by atoms with van der Waals surface area (Å²) in [5, 5.41) is 25.3. The van der Waals surface area contributed by atoms with Crippen LogP contribution in [0.1, 0.15) is 26.0 Å². The third kappa shape index (κ3) is 4.94. The summed E-state index contributed by atoms with van der Waals surface area (Å²) >= 11 is 1.55. The predicted octanol–water partition coefficient (Wildman–Crippen LogP) is 3.09. The molecule has 0 aliphatic heterocycles. The van der Waals surface area contributed by atoms with Crippen molar-refractivity contribution in [2.24, 2.45) is 5.92 Å². The first-order valence-electron chi connectivity index (χ1n) is 7.69. The van der Waals surface area contributed by atoms with Crippen LogP contribution in [0.5, 0.6) is 0 Å². The molecule has 0 saturated heterocycles. The lowest BCUT2D eigenvalue weighted by Gasteiger charge is -2.21. The number of hydrogen-bond acceptors (Lipinski definition) is 5. The molecule has 0 spiro atoms. The molecule has 0 saturated carbocycles. The molecule has 0 aliphatic rings. The van der Waals surface area contributed by atoms with Crippen molar-refractivity contribution in [2.45, 2.75) is 38.8 Å². The zero-order valence-electron chi connectivity index (χ0n) is 13.6. The Labute approximate surface area is 144 Å². The van der Waals surface area contributed by atoms with Crippen LogP contribution in [0.4, 0.5) is 0 Å². The molecule has 130 valence electrons. The van der Waals surface area contributed by atoms with Gasteiger partial charge in [0.15, 0.2) is 0 Å². The van der Waals surface area contributed by atoms with Gasteiger partial charge in [0, 0.05) is 17.4 Å². The van der Waals surface area contributed by atoms with E-state index in [9.17, 15) is 19.8 Å².